The van der Waals surface area contributed by atoms with Gasteiger partial charge < -0.3 is 5.11 Å². The molecule has 0 aliphatic rings. The van der Waals surface area contributed by atoms with Crippen molar-refractivity contribution in [3.05, 3.63) is 53.1 Å². The van der Waals surface area contributed by atoms with Crippen LogP contribution in [0.15, 0.2) is 24.5 Å². The van der Waals surface area contributed by atoms with E-state index in [9.17, 15) is 18.3 Å². The van der Waals surface area contributed by atoms with E-state index in [-0.39, 0.29) is 5.56 Å². The zero-order valence-corrected chi connectivity index (χ0v) is 10.3. The maximum absolute atomic E-state index is 13.5. The third-order valence-corrected chi connectivity index (χ3v) is 2.76. The molecule has 0 saturated heterocycles. The van der Waals surface area contributed by atoms with Gasteiger partial charge in [-0.2, -0.15) is 5.10 Å². The van der Waals surface area contributed by atoms with Gasteiger partial charge in [-0.05, 0) is 12.5 Å². The highest BCUT2D eigenvalue weighted by Crippen LogP contribution is 2.25. The Bertz CT molecular complexity index is 583. The van der Waals surface area contributed by atoms with E-state index < -0.39 is 23.6 Å². The summed E-state index contributed by atoms with van der Waals surface area (Å²) < 4.78 is 41.0. The highest BCUT2D eigenvalue weighted by molar-refractivity contribution is 5.29. The van der Waals surface area contributed by atoms with Gasteiger partial charge in [0.2, 0.25) is 0 Å². The number of rotatable bonds is 4. The average Bonchev–Trinajstić information content (AvgIpc) is 2.82. The summed E-state index contributed by atoms with van der Waals surface area (Å²) in [5.74, 6) is -3.47. The van der Waals surface area contributed by atoms with Crippen molar-refractivity contribution in [3.8, 4) is 0 Å². The standard InChI is InChI=1S/C13H13F3N2O/c1-2-3-18-7-8(6-17-18)13(19)9-4-11(15)12(16)5-10(9)14/h4-7,13,19H,2-3H2,1H3. The number of halogens is 3. The maximum atomic E-state index is 13.5. The second-order valence-electron chi connectivity index (χ2n) is 4.23. The number of aliphatic hydroxyl groups is 1. The Hall–Kier alpha value is -1.82. The first-order chi connectivity index (χ1) is 9.02. The van der Waals surface area contributed by atoms with Gasteiger partial charge in [-0.3, -0.25) is 4.68 Å². The molecule has 0 fully saturated rings. The first kappa shape index (κ1) is 13.6. The van der Waals surface area contributed by atoms with Crippen LogP contribution in [0.2, 0.25) is 0 Å². The number of hydrogen-bond acceptors (Lipinski definition) is 2. The molecular weight excluding hydrogens is 257 g/mol. The molecule has 0 aliphatic carbocycles. The Balaban J connectivity index is 2.32. The predicted molar refractivity (Wildman–Crippen MR) is 62.9 cm³/mol. The fourth-order valence-corrected chi connectivity index (χ4v) is 1.80. The molecular formula is C13H13F3N2O. The number of benzene rings is 1. The number of aryl methyl sites for hydroxylation is 1. The molecule has 1 aromatic carbocycles. The summed E-state index contributed by atoms with van der Waals surface area (Å²) in [5, 5.41) is 14.0. The molecule has 0 aliphatic heterocycles. The molecule has 1 aromatic heterocycles. The summed E-state index contributed by atoms with van der Waals surface area (Å²) in [7, 11) is 0. The van der Waals surface area contributed by atoms with Gasteiger partial charge in [0.1, 0.15) is 11.9 Å². The van der Waals surface area contributed by atoms with E-state index in [1.54, 1.807) is 10.9 Å². The Morgan fingerprint density at radius 3 is 2.58 bits per heavy atom. The summed E-state index contributed by atoms with van der Waals surface area (Å²) in [5.41, 5.74) is 0.0216. The molecule has 19 heavy (non-hydrogen) atoms. The normalized spacial score (nSPS) is 12.7. The smallest absolute Gasteiger partial charge is 0.161 e. The second kappa shape index (κ2) is 5.44. The van der Waals surface area contributed by atoms with E-state index in [0.717, 1.165) is 6.42 Å². The van der Waals surface area contributed by atoms with Crippen LogP contribution in [0.4, 0.5) is 13.2 Å². The van der Waals surface area contributed by atoms with Crippen molar-refractivity contribution in [2.45, 2.75) is 26.0 Å². The lowest BCUT2D eigenvalue weighted by molar-refractivity contribution is 0.213. The molecule has 0 radical (unpaired) electrons. The summed E-state index contributed by atoms with van der Waals surface area (Å²) >= 11 is 0. The number of aliphatic hydroxyl groups excluding tert-OH is 1. The molecule has 1 atom stereocenters. The highest BCUT2D eigenvalue weighted by atomic mass is 19.2. The zero-order chi connectivity index (χ0) is 14.0. The van der Waals surface area contributed by atoms with E-state index in [1.807, 2.05) is 6.92 Å². The molecule has 102 valence electrons. The molecule has 6 heteroatoms. The van der Waals surface area contributed by atoms with Gasteiger partial charge in [-0.25, -0.2) is 13.2 Å². The zero-order valence-electron chi connectivity index (χ0n) is 10.3. The van der Waals surface area contributed by atoms with Gasteiger partial charge in [0.25, 0.3) is 0 Å². The van der Waals surface area contributed by atoms with Gasteiger partial charge in [0, 0.05) is 29.9 Å². The Morgan fingerprint density at radius 2 is 1.89 bits per heavy atom. The van der Waals surface area contributed by atoms with Crippen LogP contribution in [0.1, 0.15) is 30.6 Å². The maximum Gasteiger partial charge on any atom is 0.161 e. The minimum atomic E-state index is -1.37. The fourth-order valence-electron chi connectivity index (χ4n) is 1.80. The molecule has 0 bridgehead atoms. The monoisotopic (exact) mass is 270 g/mol. The lowest BCUT2D eigenvalue weighted by Crippen LogP contribution is -2.04. The van der Waals surface area contributed by atoms with E-state index in [0.29, 0.717) is 24.2 Å². The lowest BCUT2D eigenvalue weighted by Gasteiger charge is -2.10. The van der Waals surface area contributed by atoms with Crippen LogP contribution in [0.5, 0.6) is 0 Å². The van der Waals surface area contributed by atoms with Gasteiger partial charge in [-0.1, -0.05) is 6.92 Å². The Kier molecular flexibility index (Phi) is 3.90. The van der Waals surface area contributed by atoms with Gasteiger partial charge in [0.05, 0.1) is 6.20 Å². The van der Waals surface area contributed by atoms with Crippen LogP contribution < -0.4 is 0 Å². The van der Waals surface area contributed by atoms with Crippen molar-refractivity contribution < 1.29 is 18.3 Å². The molecule has 1 heterocycles. The predicted octanol–water partition coefficient (Wildman–Crippen LogP) is 2.79. The van der Waals surface area contributed by atoms with E-state index in [2.05, 4.69) is 5.10 Å². The topological polar surface area (TPSA) is 38.0 Å². The molecule has 1 N–H and O–H groups in total. The van der Waals surface area contributed by atoms with Crippen LogP contribution in [0.3, 0.4) is 0 Å². The Labute approximate surface area is 108 Å². The van der Waals surface area contributed by atoms with Gasteiger partial charge in [-0.15, -0.1) is 0 Å². The molecule has 0 spiro atoms. The van der Waals surface area contributed by atoms with Crippen molar-refractivity contribution in [1.29, 1.82) is 0 Å². The van der Waals surface area contributed by atoms with Crippen LogP contribution in [-0.2, 0) is 6.54 Å². The largest absolute Gasteiger partial charge is 0.383 e. The Morgan fingerprint density at radius 1 is 1.21 bits per heavy atom. The third kappa shape index (κ3) is 2.78. The summed E-state index contributed by atoms with van der Waals surface area (Å²) in [6, 6.07) is 1.08. The first-order valence-electron chi connectivity index (χ1n) is 5.87. The lowest BCUT2D eigenvalue weighted by atomic mass is 10.0. The number of hydrogen-bond donors (Lipinski definition) is 1. The van der Waals surface area contributed by atoms with Crippen LogP contribution in [-0.4, -0.2) is 14.9 Å². The van der Waals surface area contributed by atoms with Gasteiger partial charge >= 0.3 is 0 Å². The molecule has 2 aromatic rings. The fraction of sp³-hybridized carbons (Fsp3) is 0.308. The number of aromatic nitrogens is 2. The molecule has 0 saturated carbocycles. The molecule has 0 amide bonds. The summed E-state index contributed by atoms with van der Waals surface area (Å²) in [6.07, 6.45) is 2.41. The average molecular weight is 270 g/mol. The van der Waals surface area contributed by atoms with Crippen molar-refractivity contribution in [3.63, 3.8) is 0 Å². The highest BCUT2D eigenvalue weighted by Gasteiger charge is 2.19. The van der Waals surface area contributed by atoms with Crippen molar-refractivity contribution in [2.75, 3.05) is 0 Å². The minimum absolute atomic E-state index is 0.310. The summed E-state index contributed by atoms with van der Waals surface area (Å²) in [6.45, 7) is 2.62. The van der Waals surface area contributed by atoms with Crippen LogP contribution >= 0.6 is 0 Å². The third-order valence-electron chi connectivity index (χ3n) is 2.76. The molecule has 1 unspecified atom stereocenters. The molecule has 2 rings (SSSR count). The minimum Gasteiger partial charge on any atom is -0.383 e. The van der Waals surface area contributed by atoms with Gasteiger partial charge in [0.15, 0.2) is 11.6 Å². The van der Waals surface area contributed by atoms with Crippen LogP contribution in [0.25, 0.3) is 0 Å². The van der Waals surface area contributed by atoms with Crippen molar-refractivity contribution in [1.82, 2.24) is 9.78 Å². The molecule has 3 nitrogen and oxygen atoms in total. The van der Waals surface area contributed by atoms with Crippen molar-refractivity contribution >= 4 is 0 Å². The summed E-state index contributed by atoms with van der Waals surface area (Å²) in [4.78, 5) is 0. The van der Waals surface area contributed by atoms with E-state index in [1.165, 1.54) is 6.20 Å². The number of nitrogens with zero attached hydrogens (tertiary/aromatic N) is 2. The quantitative estimate of drug-likeness (QED) is 0.867. The van der Waals surface area contributed by atoms with Crippen molar-refractivity contribution in [2.24, 2.45) is 0 Å². The van der Waals surface area contributed by atoms with Crippen LogP contribution in [0, 0.1) is 17.5 Å². The SMILES string of the molecule is CCCn1cc(C(O)c2cc(F)c(F)cc2F)cn1. The van der Waals surface area contributed by atoms with E-state index in [4.69, 9.17) is 0 Å². The first-order valence-corrected chi connectivity index (χ1v) is 5.87. The van der Waals surface area contributed by atoms with E-state index >= 15 is 0 Å². The second-order valence-corrected chi connectivity index (χ2v) is 4.23.